The van der Waals surface area contributed by atoms with Crippen LogP contribution in [0.15, 0.2) is 12.7 Å². The Morgan fingerprint density at radius 1 is 1.61 bits per heavy atom. The maximum atomic E-state index is 11.7. The van der Waals surface area contributed by atoms with Gasteiger partial charge in [0.15, 0.2) is 0 Å². The molecular formula is C13H25ClN2O2. The first-order valence-electron chi connectivity index (χ1n) is 6.32. The van der Waals surface area contributed by atoms with Gasteiger partial charge in [-0.2, -0.15) is 0 Å². The fourth-order valence-electron chi connectivity index (χ4n) is 1.92. The largest absolute Gasteiger partial charge is 0.377 e. The Morgan fingerprint density at radius 2 is 2.28 bits per heavy atom. The molecule has 0 aromatic heterocycles. The Bertz CT molecular complexity index is 270. The number of halogens is 1. The van der Waals surface area contributed by atoms with Gasteiger partial charge in [0, 0.05) is 19.6 Å². The molecule has 0 aliphatic heterocycles. The molecule has 1 atom stereocenters. The third-order valence-electron chi connectivity index (χ3n) is 3.26. The number of carbonyl (C=O) groups is 1. The van der Waals surface area contributed by atoms with Crippen molar-refractivity contribution in [2.75, 3.05) is 19.8 Å². The SMILES string of the molecule is C=CCOCCCC(=O)NC(C)(CN)C1CC1.Cl. The van der Waals surface area contributed by atoms with Crippen molar-refractivity contribution >= 4 is 18.3 Å². The van der Waals surface area contributed by atoms with E-state index >= 15 is 0 Å². The van der Waals surface area contributed by atoms with Crippen LogP contribution in [0.1, 0.15) is 32.6 Å². The van der Waals surface area contributed by atoms with Crippen LogP contribution >= 0.6 is 12.4 Å². The molecule has 1 fully saturated rings. The lowest BCUT2D eigenvalue weighted by Gasteiger charge is -2.29. The Kier molecular flexibility index (Phi) is 8.24. The van der Waals surface area contributed by atoms with E-state index in [0.29, 0.717) is 32.1 Å². The van der Waals surface area contributed by atoms with Crippen molar-refractivity contribution < 1.29 is 9.53 Å². The topological polar surface area (TPSA) is 64.3 Å². The normalized spacial score (nSPS) is 17.4. The molecule has 0 radical (unpaired) electrons. The summed E-state index contributed by atoms with van der Waals surface area (Å²) in [4.78, 5) is 11.7. The Labute approximate surface area is 116 Å². The minimum Gasteiger partial charge on any atom is -0.377 e. The maximum Gasteiger partial charge on any atom is 0.220 e. The van der Waals surface area contributed by atoms with E-state index in [1.807, 2.05) is 6.92 Å². The Morgan fingerprint density at radius 3 is 2.78 bits per heavy atom. The molecule has 1 aliphatic rings. The highest BCUT2D eigenvalue weighted by molar-refractivity contribution is 5.85. The lowest BCUT2D eigenvalue weighted by molar-refractivity contribution is -0.123. The Balaban J connectivity index is 0.00000289. The van der Waals surface area contributed by atoms with Crippen LogP contribution in [0.3, 0.4) is 0 Å². The molecule has 4 nitrogen and oxygen atoms in total. The summed E-state index contributed by atoms with van der Waals surface area (Å²) in [5.74, 6) is 0.639. The summed E-state index contributed by atoms with van der Waals surface area (Å²) >= 11 is 0. The van der Waals surface area contributed by atoms with Gasteiger partial charge >= 0.3 is 0 Å². The molecule has 0 saturated heterocycles. The monoisotopic (exact) mass is 276 g/mol. The van der Waals surface area contributed by atoms with Crippen LogP contribution in [0.4, 0.5) is 0 Å². The van der Waals surface area contributed by atoms with Gasteiger partial charge in [0.2, 0.25) is 5.91 Å². The fraction of sp³-hybridized carbons (Fsp3) is 0.769. The van der Waals surface area contributed by atoms with E-state index in [9.17, 15) is 4.79 Å². The summed E-state index contributed by atoms with van der Waals surface area (Å²) in [6.07, 6.45) is 5.30. The van der Waals surface area contributed by atoms with Crippen molar-refractivity contribution in [2.45, 2.75) is 38.1 Å². The van der Waals surface area contributed by atoms with Gasteiger partial charge in [-0.3, -0.25) is 4.79 Å². The van der Waals surface area contributed by atoms with Gasteiger partial charge in [-0.25, -0.2) is 0 Å². The minimum atomic E-state index is -0.209. The van der Waals surface area contributed by atoms with Crippen molar-refractivity contribution in [3.05, 3.63) is 12.7 Å². The van der Waals surface area contributed by atoms with Crippen molar-refractivity contribution in [1.82, 2.24) is 5.32 Å². The van der Waals surface area contributed by atoms with Crippen LogP contribution < -0.4 is 11.1 Å². The highest BCUT2D eigenvalue weighted by Crippen LogP contribution is 2.38. The van der Waals surface area contributed by atoms with E-state index in [1.54, 1.807) is 6.08 Å². The third kappa shape index (κ3) is 5.85. The molecule has 1 saturated carbocycles. The molecule has 0 bridgehead atoms. The van der Waals surface area contributed by atoms with Gasteiger partial charge in [0.1, 0.15) is 0 Å². The molecule has 1 aliphatic carbocycles. The lowest BCUT2D eigenvalue weighted by Crippen LogP contribution is -2.53. The molecule has 5 heteroatoms. The van der Waals surface area contributed by atoms with E-state index in [0.717, 1.165) is 6.42 Å². The number of carbonyl (C=O) groups excluding carboxylic acids is 1. The molecule has 18 heavy (non-hydrogen) atoms. The van der Waals surface area contributed by atoms with Gasteiger partial charge < -0.3 is 15.8 Å². The fourth-order valence-corrected chi connectivity index (χ4v) is 1.92. The first-order chi connectivity index (χ1) is 8.12. The summed E-state index contributed by atoms with van der Waals surface area (Å²) < 4.78 is 5.23. The highest BCUT2D eigenvalue weighted by Gasteiger charge is 2.41. The zero-order chi connectivity index (χ0) is 12.7. The van der Waals surface area contributed by atoms with Gasteiger partial charge in [0.25, 0.3) is 0 Å². The van der Waals surface area contributed by atoms with Crippen LogP contribution in [-0.4, -0.2) is 31.2 Å². The predicted octanol–water partition coefficient (Wildman–Crippen LogP) is 1.63. The van der Waals surface area contributed by atoms with E-state index in [4.69, 9.17) is 10.5 Å². The standard InChI is InChI=1S/C13H24N2O2.ClH/c1-3-8-17-9-4-5-12(16)15-13(2,10-14)11-6-7-11;/h3,11H,1,4-10,14H2,2H3,(H,15,16);1H. The number of hydrogen-bond donors (Lipinski definition) is 2. The molecule has 106 valence electrons. The van der Waals surface area contributed by atoms with Crippen molar-refractivity contribution in [3.8, 4) is 0 Å². The molecule has 0 heterocycles. The van der Waals surface area contributed by atoms with Crippen LogP contribution in [0.5, 0.6) is 0 Å². The van der Waals surface area contributed by atoms with E-state index in [1.165, 1.54) is 12.8 Å². The summed E-state index contributed by atoms with van der Waals surface area (Å²) in [5.41, 5.74) is 5.53. The van der Waals surface area contributed by atoms with Crippen LogP contribution in [0.25, 0.3) is 0 Å². The summed E-state index contributed by atoms with van der Waals surface area (Å²) in [6.45, 7) is 7.26. The van der Waals surface area contributed by atoms with E-state index in [2.05, 4.69) is 11.9 Å². The van der Waals surface area contributed by atoms with Gasteiger partial charge in [-0.15, -0.1) is 19.0 Å². The second-order valence-corrected chi connectivity index (χ2v) is 4.91. The van der Waals surface area contributed by atoms with E-state index < -0.39 is 0 Å². The number of nitrogens with one attached hydrogen (secondary N) is 1. The van der Waals surface area contributed by atoms with Gasteiger partial charge in [-0.1, -0.05) is 6.08 Å². The van der Waals surface area contributed by atoms with Gasteiger partial charge in [0.05, 0.1) is 12.1 Å². The second-order valence-electron chi connectivity index (χ2n) is 4.91. The summed E-state index contributed by atoms with van der Waals surface area (Å²) in [7, 11) is 0. The number of amides is 1. The van der Waals surface area contributed by atoms with Crippen molar-refractivity contribution in [2.24, 2.45) is 11.7 Å². The molecule has 1 amide bonds. The second kappa shape index (κ2) is 8.51. The van der Waals surface area contributed by atoms with Crippen LogP contribution in [-0.2, 0) is 9.53 Å². The smallest absolute Gasteiger partial charge is 0.220 e. The lowest BCUT2D eigenvalue weighted by atomic mass is 9.95. The highest BCUT2D eigenvalue weighted by atomic mass is 35.5. The molecule has 3 N–H and O–H groups in total. The molecule has 0 aromatic rings. The molecule has 1 rings (SSSR count). The maximum absolute atomic E-state index is 11.7. The number of ether oxygens (including phenoxy) is 1. The first-order valence-corrected chi connectivity index (χ1v) is 6.32. The third-order valence-corrected chi connectivity index (χ3v) is 3.26. The van der Waals surface area contributed by atoms with Crippen molar-refractivity contribution in [3.63, 3.8) is 0 Å². The van der Waals surface area contributed by atoms with Crippen LogP contribution in [0, 0.1) is 5.92 Å². The van der Waals surface area contributed by atoms with E-state index in [-0.39, 0.29) is 23.9 Å². The average Bonchev–Trinajstić information content (AvgIpc) is 3.12. The molecule has 0 spiro atoms. The average molecular weight is 277 g/mol. The van der Waals surface area contributed by atoms with Crippen molar-refractivity contribution in [1.29, 1.82) is 0 Å². The molecule has 0 aromatic carbocycles. The van der Waals surface area contributed by atoms with Gasteiger partial charge in [-0.05, 0) is 32.1 Å². The number of rotatable bonds is 9. The summed E-state index contributed by atoms with van der Waals surface area (Å²) in [6, 6.07) is 0. The quantitative estimate of drug-likeness (QED) is 0.497. The zero-order valence-corrected chi connectivity index (χ0v) is 11.9. The molecular weight excluding hydrogens is 252 g/mol. The minimum absolute atomic E-state index is 0. The Hall–Kier alpha value is -0.580. The zero-order valence-electron chi connectivity index (χ0n) is 11.1. The predicted molar refractivity (Wildman–Crippen MR) is 75.8 cm³/mol. The summed E-state index contributed by atoms with van der Waals surface area (Å²) in [5, 5.41) is 3.06. The number of hydrogen-bond acceptors (Lipinski definition) is 3. The van der Waals surface area contributed by atoms with Crippen LogP contribution in [0.2, 0.25) is 0 Å². The first kappa shape index (κ1) is 17.4. The molecule has 1 unspecified atom stereocenters. The number of nitrogens with two attached hydrogens (primary N) is 1.